The van der Waals surface area contributed by atoms with Crippen LogP contribution in [0.4, 0.5) is 34.6 Å². The van der Waals surface area contributed by atoms with Crippen LogP contribution in [0.2, 0.25) is 5.28 Å². The molecule has 20 nitrogen and oxygen atoms in total. The molecule has 0 aliphatic heterocycles. The summed E-state index contributed by atoms with van der Waals surface area (Å²) in [5.74, 6) is -2.30. The molecule has 5 aromatic rings. The minimum Gasteiger partial charge on any atom is -0.505 e. The summed E-state index contributed by atoms with van der Waals surface area (Å²) in [7, 11) is -18.9. The Balaban J connectivity index is 1.53. The van der Waals surface area contributed by atoms with Crippen LogP contribution in [0.3, 0.4) is 0 Å². The van der Waals surface area contributed by atoms with Gasteiger partial charge in [-0.2, -0.15) is 45.3 Å². The molecule has 0 unspecified atom stereocenters. The quantitative estimate of drug-likeness (QED) is 0.0709. The van der Waals surface area contributed by atoms with Gasteiger partial charge in [-0.15, -0.1) is 5.11 Å². The van der Waals surface area contributed by atoms with Crippen LogP contribution in [0.5, 0.6) is 5.75 Å². The molecule has 0 aliphatic rings. The molecule has 5 rings (SSSR count). The van der Waals surface area contributed by atoms with Crippen molar-refractivity contribution in [3.05, 3.63) is 78.1 Å². The Bertz CT molecular complexity index is 2670. The first-order valence-electron chi connectivity index (χ1n) is 13.9. The lowest BCUT2D eigenvalue weighted by atomic mass is 10.1. The van der Waals surface area contributed by atoms with Crippen molar-refractivity contribution in [2.45, 2.75) is 14.7 Å². The molecule has 0 fully saturated rings. The first-order valence-corrected chi connectivity index (χ1v) is 20.1. The number of halogens is 1. The van der Waals surface area contributed by atoms with Gasteiger partial charge in [-0.05, 0) is 71.6 Å². The largest absolute Gasteiger partial charge is 0.505 e. The van der Waals surface area contributed by atoms with Gasteiger partial charge in [0.2, 0.25) is 17.2 Å². The zero-order valence-electron chi connectivity index (χ0n) is 25.6. The van der Waals surface area contributed by atoms with Gasteiger partial charge in [-0.25, -0.2) is 12.6 Å². The highest BCUT2D eigenvalue weighted by atomic mass is 35.5. The van der Waals surface area contributed by atoms with Crippen molar-refractivity contribution in [1.29, 1.82) is 0 Å². The molecular weight excluding hydrogens is 794 g/mol. The molecule has 0 radical (unpaired) electrons. The summed E-state index contributed by atoms with van der Waals surface area (Å²) in [6.45, 7) is -0.832. The monoisotopic (exact) mass is 815 g/mol. The number of phenols is 1. The number of anilines is 4. The van der Waals surface area contributed by atoms with Gasteiger partial charge in [0.25, 0.3) is 20.2 Å². The van der Waals surface area contributed by atoms with Gasteiger partial charge in [-0.3, -0.25) is 13.7 Å². The summed E-state index contributed by atoms with van der Waals surface area (Å²) in [6, 6.07) is 15.3. The van der Waals surface area contributed by atoms with E-state index in [0.29, 0.717) is 0 Å². The predicted octanol–water partition coefficient (Wildman–Crippen LogP) is 4.37. The second-order valence-electron chi connectivity index (χ2n) is 10.2. The molecule has 0 atom stereocenters. The van der Waals surface area contributed by atoms with E-state index >= 15 is 0 Å². The average molecular weight is 816 g/mol. The van der Waals surface area contributed by atoms with E-state index in [1.165, 1.54) is 24.3 Å². The summed E-state index contributed by atoms with van der Waals surface area (Å²) in [5, 5.41) is 23.4. The first kappa shape index (κ1) is 38.3. The number of phenolic OH excluding ortho intramolecular Hbond substituents is 1. The van der Waals surface area contributed by atoms with Crippen LogP contribution < -0.4 is 10.6 Å². The lowest BCUT2D eigenvalue weighted by Gasteiger charge is -2.15. The number of nitrogens with zero attached hydrogens (tertiary/aromatic N) is 5. The van der Waals surface area contributed by atoms with Crippen LogP contribution in [0.25, 0.3) is 10.8 Å². The molecule has 1 aromatic heterocycles. The number of sulfone groups is 1. The SMILES string of the molecule is O=S(=O)(O)OCCS(=O)(=O)c1ccc(Nc2nc(Cl)nc(Nc3cc(S(=O)(=O)O)cc4cc(S(=O)(=O)O)c(/N=N/c5ccccc5)c(O)c34)n2)cc1. The Hall–Kier alpha value is -4.92. The minimum absolute atomic E-state index is 0.212. The molecule has 1 heterocycles. The first-order chi connectivity index (χ1) is 24.2. The predicted molar refractivity (Wildman–Crippen MR) is 183 cm³/mol. The molecule has 0 bridgehead atoms. The maximum absolute atomic E-state index is 12.5. The molecule has 52 heavy (non-hydrogen) atoms. The molecule has 0 saturated heterocycles. The van der Waals surface area contributed by atoms with Crippen molar-refractivity contribution in [3.8, 4) is 5.75 Å². The second kappa shape index (κ2) is 14.6. The van der Waals surface area contributed by atoms with Gasteiger partial charge in [0.15, 0.2) is 15.6 Å². The molecular formula is C27H22ClN7O13S4. The van der Waals surface area contributed by atoms with E-state index in [-0.39, 0.29) is 44.6 Å². The minimum atomic E-state index is -5.11. The number of hydrogen-bond donors (Lipinski definition) is 6. The van der Waals surface area contributed by atoms with Crippen molar-refractivity contribution in [1.82, 2.24) is 15.0 Å². The average Bonchev–Trinajstić information content (AvgIpc) is 3.03. The van der Waals surface area contributed by atoms with E-state index in [2.05, 4.69) is 40.0 Å². The maximum atomic E-state index is 12.5. The molecule has 0 amide bonds. The fourth-order valence-electron chi connectivity index (χ4n) is 4.43. The molecule has 0 spiro atoms. The van der Waals surface area contributed by atoms with Crippen LogP contribution in [-0.2, 0) is 44.7 Å². The van der Waals surface area contributed by atoms with Gasteiger partial charge >= 0.3 is 10.4 Å². The standard InChI is InChI=1S/C27H22ClN7O13S4/c28-25-31-26(29-16-6-8-18(9-7-16)49(37,38)11-10-48-52(45,46)47)33-27(32-25)30-20-14-19(50(39,40)41)12-15-13-21(51(42,43)44)23(24(36)22(15)20)35-34-17-4-2-1-3-5-17/h1-9,12-14,36H,10-11H2,(H,39,40,41)(H,42,43,44)(H,45,46,47)(H2,29,30,31,32,33)/b35-34+. The van der Waals surface area contributed by atoms with Gasteiger partial charge in [0.05, 0.1) is 33.5 Å². The van der Waals surface area contributed by atoms with Crippen LogP contribution in [0.15, 0.2) is 97.7 Å². The van der Waals surface area contributed by atoms with Gasteiger partial charge in [-0.1, -0.05) is 18.2 Å². The Morgan fingerprint density at radius 3 is 1.96 bits per heavy atom. The summed E-state index contributed by atoms with van der Waals surface area (Å²) in [6.07, 6.45) is 0. The highest BCUT2D eigenvalue weighted by Crippen LogP contribution is 2.45. The van der Waals surface area contributed by atoms with Gasteiger partial charge in [0.1, 0.15) is 10.6 Å². The van der Waals surface area contributed by atoms with E-state index in [9.17, 15) is 47.9 Å². The molecule has 6 N–H and O–H groups in total. The lowest BCUT2D eigenvalue weighted by molar-refractivity contribution is 0.284. The summed E-state index contributed by atoms with van der Waals surface area (Å²) in [5.41, 5.74) is -0.607. The number of aromatic nitrogens is 3. The normalized spacial score (nSPS) is 12.7. The number of rotatable bonds is 13. The highest BCUT2D eigenvalue weighted by molar-refractivity contribution is 7.91. The number of hydrogen-bond acceptors (Lipinski definition) is 17. The van der Waals surface area contributed by atoms with Crippen LogP contribution in [-0.4, -0.2) is 79.7 Å². The van der Waals surface area contributed by atoms with E-state index in [0.717, 1.165) is 30.3 Å². The lowest BCUT2D eigenvalue weighted by Crippen LogP contribution is -2.15. The fourth-order valence-corrected chi connectivity index (χ4v) is 7.28. The Kier molecular flexibility index (Phi) is 10.8. The van der Waals surface area contributed by atoms with Crippen molar-refractivity contribution < 1.29 is 56.6 Å². The molecule has 4 aromatic carbocycles. The third kappa shape index (κ3) is 9.49. The molecule has 25 heteroatoms. The molecule has 0 saturated carbocycles. The number of aromatic hydroxyl groups is 1. The summed E-state index contributed by atoms with van der Waals surface area (Å²) < 4.78 is 128. The van der Waals surface area contributed by atoms with Crippen LogP contribution >= 0.6 is 11.6 Å². The zero-order valence-corrected chi connectivity index (χ0v) is 29.6. The van der Waals surface area contributed by atoms with Crippen molar-refractivity contribution in [3.63, 3.8) is 0 Å². The summed E-state index contributed by atoms with van der Waals surface area (Å²) >= 11 is 6.10. The third-order valence-corrected chi connectivity index (χ3v) is 10.7. The summed E-state index contributed by atoms with van der Waals surface area (Å²) in [4.78, 5) is 10.0. The molecule has 274 valence electrons. The Morgan fingerprint density at radius 2 is 1.37 bits per heavy atom. The van der Waals surface area contributed by atoms with E-state index < -0.39 is 79.3 Å². The van der Waals surface area contributed by atoms with E-state index in [1.54, 1.807) is 18.2 Å². The third-order valence-electron chi connectivity index (χ3n) is 6.63. The number of benzene rings is 4. The molecule has 0 aliphatic carbocycles. The number of azo groups is 1. The number of fused-ring (bicyclic) bond motifs is 1. The van der Waals surface area contributed by atoms with Crippen molar-refractivity contribution >= 4 is 97.5 Å². The fraction of sp³-hybridized carbons (Fsp3) is 0.0741. The van der Waals surface area contributed by atoms with E-state index in [1.807, 2.05) is 0 Å². The van der Waals surface area contributed by atoms with Crippen LogP contribution in [0.1, 0.15) is 0 Å². The van der Waals surface area contributed by atoms with Gasteiger partial charge < -0.3 is 15.7 Å². The highest BCUT2D eigenvalue weighted by Gasteiger charge is 2.26. The zero-order chi connectivity index (χ0) is 38.1. The van der Waals surface area contributed by atoms with Crippen molar-refractivity contribution in [2.24, 2.45) is 10.2 Å². The number of nitrogens with one attached hydrogen (secondary N) is 2. The Labute approximate surface area is 299 Å². The van der Waals surface area contributed by atoms with Crippen LogP contribution in [0, 0.1) is 0 Å². The Morgan fingerprint density at radius 1 is 0.731 bits per heavy atom. The topological polar surface area (TPSA) is 314 Å². The van der Waals surface area contributed by atoms with E-state index in [4.69, 9.17) is 16.2 Å². The second-order valence-corrected chi connectivity index (χ2v) is 16.6. The smallest absolute Gasteiger partial charge is 0.397 e. The maximum Gasteiger partial charge on any atom is 0.397 e. The van der Waals surface area contributed by atoms with Gasteiger partial charge in [0, 0.05) is 11.1 Å². The van der Waals surface area contributed by atoms with Crippen molar-refractivity contribution in [2.75, 3.05) is 23.0 Å².